The van der Waals surface area contributed by atoms with Gasteiger partial charge in [0.15, 0.2) is 0 Å². The smallest absolute Gasteiger partial charge is 0.326 e. The van der Waals surface area contributed by atoms with Crippen molar-refractivity contribution >= 4 is 23.7 Å². The fourth-order valence-corrected chi connectivity index (χ4v) is 3.97. The highest BCUT2D eigenvalue weighted by atomic mass is 16.4. The van der Waals surface area contributed by atoms with Crippen LogP contribution in [0.3, 0.4) is 0 Å². The van der Waals surface area contributed by atoms with E-state index in [0.29, 0.717) is 18.4 Å². The Hall–Kier alpha value is -3.14. The van der Waals surface area contributed by atoms with E-state index in [0.717, 1.165) is 13.0 Å². The summed E-state index contributed by atoms with van der Waals surface area (Å²) in [6.07, 6.45) is 2.19. The van der Waals surface area contributed by atoms with Crippen LogP contribution in [0.1, 0.15) is 52.5 Å². The van der Waals surface area contributed by atoms with Crippen molar-refractivity contribution in [1.29, 1.82) is 0 Å². The summed E-state index contributed by atoms with van der Waals surface area (Å²) in [5.74, 6) is -3.08. The van der Waals surface area contributed by atoms with Crippen molar-refractivity contribution in [2.45, 2.75) is 77.5 Å². The SMILES string of the molecule is CC[C@H](C)[C@H](NC(=O)[C@H](Cc1ccc(O)cc1)NC(=O)[C@@H](NC(=O)[C@@H]1CCCN1)C(C)C)C(=O)O. The third-order valence-corrected chi connectivity index (χ3v) is 6.41. The molecule has 1 fully saturated rings. The molecule has 0 aromatic heterocycles. The molecular formula is C25H38N4O6. The van der Waals surface area contributed by atoms with Crippen LogP contribution in [0.2, 0.25) is 0 Å². The van der Waals surface area contributed by atoms with Crippen molar-refractivity contribution < 1.29 is 29.4 Å². The summed E-state index contributed by atoms with van der Waals surface area (Å²) in [6, 6.07) is 2.77. The fourth-order valence-electron chi connectivity index (χ4n) is 3.97. The molecule has 1 aromatic rings. The average Bonchev–Trinajstić information content (AvgIpc) is 3.35. The van der Waals surface area contributed by atoms with Crippen LogP contribution in [0, 0.1) is 11.8 Å². The number of nitrogens with one attached hydrogen (secondary N) is 4. The van der Waals surface area contributed by atoms with E-state index in [1.165, 1.54) is 12.1 Å². The van der Waals surface area contributed by atoms with Gasteiger partial charge in [0.05, 0.1) is 6.04 Å². The molecule has 1 saturated heterocycles. The van der Waals surface area contributed by atoms with E-state index >= 15 is 0 Å². The minimum atomic E-state index is -1.15. The second-order valence-electron chi connectivity index (χ2n) is 9.52. The summed E-state index contributed by atoms with van der Waals surface area (Å²) >= 11 is 0. The standard InChI is InChI=1S/C25H38N4O6/c1-5-15(4)21(25(34)35)29-23(32)19(13-16-8-10-17(30)11-9-16)27-24(33)20(14(2)3)28-22(31)18-7-6-12-26-18/h8-11,14-15,18-21,26,30H,5-7,12-13H2,1-4H3,(H,27,33)(H,28,31)(H,29,32)(H,34,35)/t15-,18-,19-,20-,21-/m0/s1. The van der Waals surface area contributed by atoms with E-state index in [-0.39, 0.29) is 36.0 Å². The maximum Gasteiger partial charge on any atom is 0.326 e. The van der Waals surface area contributed by atoms with Crippen molar-refractivity contribution in [1.82, 2.24) is 21.3 Å². The Morgan fingerprint density at radius 1 is 1.00 bits per heavy atom. The van der Waals surface area contributed by atoms with E-state index in [1.54, 1.807) is 32.9 Å². The lowest BCUT2D eigenvalue weighted by Gasteiger charge is -2.28. The second-order valence-corrected chi connectivity index (χ2v) is 9.52. The average molecular weight is 491 g/mol. The number of aliphatic carboxylic acids is 1. The number of hydrogen-bond donors (Lipinski definition) is 6. The maximum atomic E-state index is 13.2. The van der Waals surface area contributed by atoms with Crippen molar-refractivity contribution in [2.24, 2.45) is 11.8 Å². The third kappa shape index (κ3) is 8.24. The molecule has 6 N–H and O–H groups in total. The number of carboxylic acid groups (broad SMARTS) is 1. The molecule has 3 amide bonds. The molecule has 5 atom stereocenters. The Labute approximate surface area is 206 Å². The summed E-state index contributed by atoms with van der Waals surface area (Å²) in [4.78, 5) is 50.7. The molecule has 1 aliphatic rings. The summed E-state index contributed by atoms with van der Waals surface area (Å²) in [6.45, 7) is 7.90. The van der Waals surface area contributed by atoms with E-state index in [9.17, 15) is 29.4 Å². The van der Waals surface area contributed by atoms with Crippen molar-refractivity contribution in [3.8, 4) is 5.75 Å². The van der Waals surface area contributed by atoms with Crippen LogP contribution < -0.4 is 21.3 Å². The highest BCUT2D eigenvalue weighted by Gasteiger charge is 2.33. The van der Waals surface area contributed by atoms with Crippen LogP contribution in [-0.2, 0) is 25.6 Å². The molecule has 10 heteroatoms. The molecule has 0 unspecified atom stereocenters. The lowest BCUT2D eigenvalue weighted by molar-refractivity contribution is -0.143. The third-order valence-electron chi connectivity index (χ3n) is 6.41. The first-order valence-electron chi connectivity index (χ1n) is 12.2. The van der Waals surface area contributed by atoms with Gasteiger partial charge in [-0.15, -0.1) is 0 Å². The van der Waals surface area contributed by atoms with Crippen LogP contribution >= 0.6 is 0 Å². The molecule has 1 aromatic carbocycles. The minimum absolute atomic E-state index is 0.0598. The fraction of sp³-hybridized carbons (Fsp3) is 0.600. The number of carbonyl (C=O) groups excluding carboxylic acids is 3. The lowest BCUT2D eigenvalue weighted by Crippen LogP contribution is -2.59. The zero-order valence-corrected chi connectivity index (χ0v) is 20.8. The molecule has 0 saturated carbocycles. The molecule has 0 aliphatic carbocycles. The van der Waals surface area contributed by atoms with Crippen LogP contribution in [0.15, 0.2) is 24.3 Å². The van der Waals surface area contributed by atoms with E-state index in [1.807, 2.05) is 6.92 Å². The Morgan fingerprint density at radius 2 is 1.66 bits per heavy atom. The number of amides is 3. The number of carboxylic acids is 1. The van der Waals surface area contributed by atoms with Gasteiger partial charge < -0.3 is 31.5 Å². The predicted octanol–water partition coefficient (Wildman–Crippen LogP) is 0.928. The molecule has 0 radical (unpaired) electrons. The highest BCUT2D eigenvalue weighted by molar-refractivity contribution is 5.94. The maximum absolute atomic E-state index is 13.2. The monoisotopic (exact) mass is 490 g/mol. The Bertz CT molecular complexity index is 882. The number of carbonyl (C=O) groups is 4. The van der Waals surface area contributed by atoms with Gasteiger partial charge in [-0.25, -0.2) is 4.79 Å². The van der Waals surface area contributed by atoms with Crippen LogP contribution in [0.4, 0.5) is 0 Å². The van der Waals surface area contributed by atoms with Crippen molar-refractivity contribution in [3.63, 3.8) is 0 Å². The van der Waals surface area contributed by atoms with Crippen molar-refractivity contribution in [3.05, 3.63) is 29.8 Å². The van der Waals surface area contributed by atoms with E-state index in [2.05, 4.69) is 21.3 Å². The van der Waals surface area contributed by atoms with Gasteiger partial charge in [0.1, 0.15) is 23.9 Å². The van der Waals surface area contributed by atoms with Gasteiger partial charge in [-0.2, -0.15) is 0 Å². The van der Waals surface area contributed by atoms with Gasteiger partial charge in [0.25, 0.3) is 0 Å². The largest absolute Gasteiger partial charge is 0.508 e. The quantitative estimate of drug-likeness (QED) is 0.254. The summed E-state index contributed by atoms with van der Waals surface area (Å²) in [5.41, 5.74) is 0.666. The first-order chi connectivity index (χ1) is 16.5. The number of phenolic OH excluding ortho intramolecular Hbond substituents is 1. The van der Waals surface area contributed by atoms with Gasteiger partial charge in [0.2, 0.25) is 17.7 Å². The minimum Gasteiger partial charge on any atom is -0.508 e. The zero-order chi connectivity index (χ0) is 26.1. The first kappa shape index (κ1) is 28.1. The van der Waals surface area contributed by atoms with Crippen LogP contribution in [0.25, 0.3) is 0 Å². The van der Waals surface area contributed by atoms with Gasteiger partial charge in [-0.1, -0.05) is 46.2 Å². The van der Waals surface area contributed by atoms with Crippen molar-refractivity contribution in [2.75, 3.05) is 6.54 Å². The van der Waals surface area contributed by atoms with Gasteiger partial charge in [-0.3, -0.25) is 14.4 Å². The summed E-state index contributed by atoms with van der Waals surface area (Å²) in [7, 11) is 0. The predicted molar refractivity (Wildman–Crippen MR) is 131 cm³/mol. The normalized spacial score (nSPS) is 18.8. The molecule has 10 nitrogen and oxygen atoms in total. The highest BCUT2D eigenvalue weighted by Crippen LogP contribution is 2.14. The summed E-state index contributed by atoms with van der Waals surface area (Å²) < 4.78 is 0. The number of benzene rings is 1. The first-order valence-corrected chi connectivity index (χ1v) is 12.2. The Balaban J connectivity index is 2.22. The molecule has 1 aliphatic heterocycles. The molecular weight excluding hydrogens is 452 g/mol. The lowest BCUT2D eigenvalue weighted by atomic mass is 9.97. The zero-order valence-electron chi connectivity index (χ0n) is 20.8. The second kappa shape index (κ2) is 13.1. The molecule has 2 rings (SSSR count). The molecule has 35 heavy (non-hydrogen) atoms. The van der Waals surface area contributed by atoms with E-state index in [4.69, 9.17) is 0 Å². The van der Waals surface area contributed by atoms with Gasteiger partial charge >= 0.3 is 5.97 Å². The number of rotatable bonds is 12. The Morgan fingerprint density at radius 3 is 2.17 bits per heavy atom. The van der Waals surface area contributed by atoms with Crippen LogP contribution in [0.5, 0.6) is 5.75 Å². The molecule has 1 heterocycles. The molecule has 0 spiro atoms. The number of aromatic hydroxyl groups is 1. The topological polar surface area (TPSA) is 157 Å². The van der Waals surface area contributed by atoms with Gasteiger partial charge in [-0.05, 0) is 48.9 Å². The summed E-state index contributed by atoms with van der Waals surface area (Å²) in [5, 5.41) is 30.3. The number of hydrogen-bond acceptors (Lipinski definition) is 6. The molecule has 194 valence electrons. The Kier molecular flexibility index (Phi) is 10.5. The van der Waals surface area contributed by atoms with Crippen LogP contribution in [-0.4, -0.2) is 64.6 Å². The molecule has 0 bridgehead atoms. The van der Waals surface area contributed by atoms with Gasteiger partial charge in [0, 0.05) is 6.42 Å². The van der Waals surface area contributed by atoms with E-state index < -0.39 is 35.9 Å². The number of phenols is 1.